The first-order chi connectivity index (χ1) is 16.0. The van der Waals surface area contributed by atoms with Crippen LogP contribution in [-0.2, 0) is 11.2 Å². The zero-order chi connectivity index (χ0) is 22.9. The zero-order valence-corrected chi connectivity index (χ0v) is 21.2. The molecule has 0 saturated heterocycles. The minimum atomic E-state index is -0.0802. The SMILES string of the molecule is Cc1cc(C)c(-c2csc(NC(=O)CSc3nnc(Cc4cccs4)n3C3CC3)n2)c(C)c1. The second-order valence-electron chi connectivity index (χ2n) is 8.40. The molecule has 1 aliphatic carbocycles. The van der Waals surface area contributed by atoms with Crippen molar-refractivity contribution in [3.05, 3.63) is 62.4 Å². The van der Waals surface area contributed by atoms with Crippen molar-refractivity contribution < 1.29 is 4.79 Å². The van der Waals surface area contributed by atoms with E-state index in [0.29, 0.717) is 11.2 Å². The molecule has 1 fully saturated rings. The van der Waals surface area contributed by atoms with E-state index in [9.17, 15) is 4.79 Å². The molecule has 4 aromatic rings. The Morgan fingerprint density at radius 2 is 1.97 bits per heavy atom. The maximum absolute atomic E-state index is 12.6. The number of hydrogen-bond acceptors (Lipinski definition) is 7. The van der Waals surface area contributed by atoms with Crippen LogP contribution in [0.15, 0.2) is 40.2 Å². The van der Waals surface area contributed by atoms with Crippen molar-refractivity contribution in [2.75, 3.05) is 11.1 Å². The molecule has 0 radical (unpaired) electrons. The summed E-state index contributed by atoms with van der Waals surface area (Å²) < 4.78 is 2.22. The van der Waals surface area contributed by atoms with Gasteiger partial charge in [0.25, 0.3) is 0 Å². The van der Waals surface area contributed by atoms with Gasteiger partial charge in [-0.1, -0.05) is 35.5 Å². The van der Waals surface area contributed by atoms with Crippen LogP contribution in [0.4, 0.5) is 5.13 Å². The van der Waals surface area contributed by atoms with Gasteiger partial charge in [0, 0.05) is 28.3 Å². The molecule has 1 saturated carbocycles. The highest BCUT2D eigenvalue weighted by molar-refractivity contribution is 7.99. The number of carbonyl (C=O) groups is 1. The normalized spacial score (nSPS) is 13.4. The predicted molar refractivity (Wildman–Crippen MR) is 137 cm³/mol. The summed E-state index contributed by atoms with van der Waals surface area (Å²) >= 11 is 4.63. The topological polar surface area (TPSA) is 72.7 Å². The number of carbonyl (C=O) groups excluding carboxylic acids is 1. The molecule has 0 spiro atoms. The number of aryl methyl sites for hydroxylation is 3. The molecule has 170 valence electrons. The highest BCUT2D eigenvalue weighted by atomic mass is 32.2. The molecule has 0 bridgehead atoms. The van der Waals surface area contributed by atoms with Crippen molar-refractivity contribution in [2.24, 2.45) is 0 Å². The summed E-state index contributed by atoms with van der Waals surface area (Å²) in [5.41, 5.74) is 5.69. The van der Waals surface area contributed by atoms with Gasteiger partial charge in [-0.15, -0.1) is 32.9 Å². The number of nitrogens with zero attached hydrogens (tertiary/aromatic N) is 4. The Kier molecular flexibility index (Phi) is 6.36. The van der Waals surface area contributed by atoms with Crippen LogP contribution in [0, 0.1) is 20.8 Å². The molecule has 3 heterocycles. The molecular formula is C24H25N5OS3. The molecule has 6 nitrogen and oxygen atoms in total. The van der Waals surface area contributed by atoms with Crippen molar-refractivity contribution in [2.45, 2.75) is 51.2 Å². The fourth-order valence-corrected chi connectivity index (χ4v) is 6.35. The Morgan fingerprint density at radius 3 is 2.67 bits per heavy atom. The van der Waals surface area contributed by atoms with Gasteiger partial charge in [-0.25, -0.2) is 4.98 Å². The van der Waals surface area contributed by atoms with E-state index in [2.05, 4.69) is 75.5 Å². The van der Waals surface area contributed by atoms with Crippen LogP contribution in [0.2, 0.25) is 0 Å². The number of aromatic nitrogens is 4. The number of thioether (sulfide) groups is 1. The zero-order valence-electron chi connectivity index (χ0n) is 18.8. The van der Waals surface area contributed by atoms with Gasteiger partial charge in [0.05, 0.1) is 11.4 Å². The van der Waals surface area contributed by atoms with Gasteiger partial charge in [-0.3, -0.25) is 4.79 Å². The number of thiazole rings is 1. The standard InChI is InChI=1S/C24H25N5OS3/c1-14-9-15(2)22(16(3)10-14)19-12-32-23(25-19)26-21(30)13-33-24-28-27-20(29(24)17-6-7-17)11-18-5-4-8-31-18/h4-5,8-10,12,17H,6-7,11,13H2,1-3H3,(H,25,26,30). The molecule has 1 aliphatic rings. The Balaban J connectivity index is 1.24. The van der Waals surface area contributed by atoms with E-state index in [0.717, 1.165) is 41.5 Å². The maximum Gasteiger partial charge on any atom is 0.236 e. The minimum Gasteiger partial charge on any atom is -0.303 e. The van der Waals surface area contributed by atoms with E-state index in [1.807, 2.05) is 5.38 Å². The number of rotatable bonds is 8. The van der Waals surface area contributed by atoms with Crippen molar-refractivity contribution in [1.82, 2.24) is 19.7 Å². The fourth-order valence-electron chi connectivity index (χ4n) is 4.11. The fraction of sp³-hybridized carbons (Fsp3) is 0.333. The summed E-state index contributed by atoms with van der Waals surface area (Å²) in [7, 11) is 0. The molecule has 1 aromatic carbocycles. The lowest BCUT2D eigenvalue weighted by molar-refractivity contribution is -0.113. The lowest BCUT2D eigenvalue weighted by atomic mass is 9.98. The van der Waals surface area contributed by atoms with Gasteiger partial charge in [0.1, 0.15) is 5.82 Å². The van der Waals surface area contributed by atoms with Crippen LogP contribution >= 0.6 is 34.4 Å². The summed E-state index contributed by atoms with van der Waals surface area (Å²) in [5.74, 6) is 1.18. The Labute approximate surface area is 205 Å². The molecule has 0 atom stereocenters. The number of benzene rings is 1. The number of amides is 1. The summed E-state index contributed by atoms with van der Waals surface area (Å²) in [6.07, 6.45) is 3.08. The Bertz CT molecular complexity index is 1260. The van der Waals surface area contributed by atoms with Crippen LogP contribution in [0.3, 0.4) is 0 Å². The van der Waals surface area contributed by atoms with Crippen LogP contribution in [0.5, 0.6) is 0 Å². The van der Waals surface area contributed by atoms with E-state index in [1.54, 1.807) is 11.3 Å². The van der Waals surface area contributed by atoms with Gasteiger partial charge in [0.15, 0.2) is 10.3 Å². The second-order valence-corrected chi connectivity index (χ2v) is 11.2. The molecule has 33 heavy (non-hydrogen) atoms. The van der Waals surface area contributed by atoms with Gasteiger partial charge in [0.2, 0.25) is 5.91 Å². The van der Waals surface area contributed by atoms with Crippen LogP contribution in [-0.4, -0.2) is 31.4 Å². The third-order valence-electron chi connectivity index (χ3n) is 5.58. The molecule has 3 aromatic heterocycles. The number of hydrogen-bond donors (Lipinski definition) is 1. The number of thiophene rings is 1. The Hall–Kier alpha value is -2.49. The first-order valence-electron chi connectivity index (χ1n) is 10.9. The van der Waals surface area contributed by atoms with Crippen LogP contribution < -0.4 is 5.32 Å². The summed E-state index contributed by atoms with van der Waals surface area (Å²) in [5, 5.41) is 17.3. The molecule has 1 N–H and O–H groups in total. The van der Waals surface area contributed by atoms with E-state index in [1.165, 1.54) is 44.7 Å². The Morgan fingerprint density at radius 1 is 1.18 bits per heavy atom. The van der Waals surface area contributed by atoms with E-state index in [-0.39, 0.29) is 11.7 Å². The summed E-state index contributed by atoms with van der Waals surface area (Å²) in [6, 6.07) is 8.98. The largest absolute Gasteiger partial charge is 0.303 e. The minimum absolute atomic E-state index is 0.0802. The van der Waals surface area contributed by atoms with Crippen LogP contribution in [0.1, 0.15) is 46.3 Å². The third-order valence-corrected chi connectivity index (χ3v) is 8.15. The van der Waals surface area contributed by atoms with Crippen molar-refractivity contribution in [1.29, 1.82) is 0 Å². The highest BCUT2D eigenvalue weighted by Gasteiger charge is 2.30. The lowest BCUT2D eigenvalue weighted by Crippen LogP contribution is -2.14. The average molecular weight is 496 g/mol. The smallest absolute Gasteiger partial charge is 0.236 e. The summed E-state index contributed by atoms with van der Waals surface area (Å²) in [4.78, 5) is 18.6. The van der Waals surface area contributed by atoms with E-state index >= 15 is 0 Å². The molecule has 0 aliphatic heterocycles. The third kappa shape index (κ3) is 5.05. The molecule has 5 rings (SSSR count). The lowest BCUT2D eigenvalue weighted by Gasteiger charge is -2.09. The highest BCUT2D eigenvalue weighted by Crippen LogP contribution is 2.39. The van der Waals surface area contributed by atoms with Gasteiger partial charge >= 0.3 is 0 Å². The predicted octanol–water partition coefficient (Wildman–Crippen LogP) is 6.04. The maximum atomic E-state index is 12.6. The first-order valence-corrected chi connectivity index (χ1v) is 13.6. The summed E-state index contributed by atoms with van der Waals surface area (Å²) in [6.45, 7) is 6.31. The van der Waals surface area contributed by atoms with Crippen molar-refractivity contribution >= 4 is 45.5 Å². The number of anilines is 1. The number of nitrogens with one attached hydrogen (secondary N) is 1. The monoisotopic (exact) mass is 495 g/mol. The molecule has 0 unspecified atom stereocenters. The van der Waals surface area contributed by atoms with Crippen LogP contribution in [0.25, 0.3) is 11.3 Å². The van der Waals surface area contributed by atoms with Crippen molar-refractivity contribution in [3.8, 4) is 11.3 Å². The van der Waals surface area contributed by atoms with E-state index < -0.39 is 0 Å². The molecule has 1 amide bonds. The molecule has 9 heteroatoms. The van der Waals surface area contributed by atoms with Gasteiger partial charge in [-0.2, -0.15) is 0 Å². The van der Waals surface area contributed by atoms with Crippen molar-refractivity contribution in [3.63, 3.8) is 0 Å². The first kappa shape index (κ1) is 22.3. The second kappa shape index (κ2) is 9.40. The van der Waals surface area contributed by atoms with E-state index in [4.69, 9.17) is 0 Å². The quantitative estimate of drug-likeness (QED) is 0.302. The molecular weight excluding hydrogens is 470 g/mol. The van der Waals surface area contributed by atoms with Gasteiger partial charge in [-0.05, 0) is 56.2 Å². The van der Waals surface area contributed by atoms with Gasteiger partial charge < -0.3 is 9.88 Å². The average Bonchev–Trinajstić information content (AvgIpc) is 3.12.